The van der Waals surface area contributed by atoms with Gasteiger partial charge in [-0.3, -0.25) is 9.58 Å². The van der Waals surface area contributed by atoms with Gasteiger partial charge in [0.25, 0.3) is 0 Å². The van der Waals surface area contributed by atoms with E-state index in [9.17, 15) is 5.11 Å². The maximum Gasteiger partial charge on any atom is 0.122 e. The Morgan fingerprint density at radius 1 is 1.39 bits per heavy atom. The molecule has 7 nitrogen and oxygen atoms in total. The van der Waals surface area contributed by atoms with Crippen LogP contribution in [-0.2, 0) is 30.9 Å². The molecule has 0 spiro atoms. The van der Waals surface area contributed by atoms with Crippen molar-refractivity contribution in [2.75, 3.05) is 20.3 Å². The first-order valence-electron chi connectivity index (χ1n) is 8.13. The van der Waals surface area contributed by atoms with Gasteiger partial charge in [-0.05, 0) is 19.4 Å². The lowest BCUT2D eigenvalue weighted by Crippen LogP contribution is -2.25. The molecule has 0 aliphatic carbocycles. The number of aliphatic hydroxyl groups is 1. The summed E-state index contributed by atoms with van der Waals surface area (Å²) in [4.78, 5) is 6.87. The van der Waals surface area contributed by atoms with Gasteiger partial charge in [0.05, 0.1) is 30.6 Å². The number of aromatic nitrogens is 4. The van der Waals surface area contributed by atoms with E-state index in [1.807, 2.05) is 23.1 Å². The van der Waals surface area contributed by atoms with Crippen molar-refractivity contribution in [2.45, 2.75) is 45.6 Å². The molecule has 3 rings (SSSR count). The number of imidazole rings is 1. The molecule has 0 saturated heterocycles. The second-order valence-corrected chi connectivity index (χ2v) is 6.05. The standard InChI is InChI=1S/C16H25N5O2/c1-13(22)15-10-14-11-19(5-3-6-21(14)18-15)12-16-17-4-7-20(16)8-9-23-2/h4,7,10,13,22H,3,5-6,8-9,11-12H2,1-2H3/t13-/m1/s1. The lowest BCUT2D eigenvalue weighted by Gasteiger charge is -2.19. The quantitative estimate of drug-likeness (QED) is 0.866. The van der Waals surface area contributed by atoms with E-state index in [4.69, 9.17) is 4.74 Å². The molecule has 1 aliphatic rings. The number of aryl methyl sites for hydroxylation is 1. The molecule has 0 bridgehead atoms. The summed E-state index contributed by atoms with van der Waals surface area (Å²) in [6, 6.07) is 2.01. The summed E-state index contributed by atoms with van der Waals surface area (Å²) in [6.45, 7) is 6.83. The summed E-state index contributed by atoms with van der Waals surface area (Å²) < 4.78 is 9.33. The molecule has 2 aromatic heterocycles. The van der Waals surface area contributed by atoms with Gasteiger partial charge in [0.15, 0.2) is 0 Å². The summed E-state index contributed by atoms with van der Waals surface area (Å²) in [6.07, 6.45) is 4.38. The highest BCUT2D eigenvalue weighted by Gasteiger charge is 2.19. The highest BCUT2D eigenvalue weighted by molar-refractivity contribution is 5.13. The van der Waals surface area contributed by atoms with Gasteiger partial charge < -0.3 is 14.4 Å². The molecule has 2 aromatic rings. The third-order valence-corrected chi connectivity index (χ3v) is 4.24. The first kappa shape index (κ1) is 16.2. The molecule has 3 heterocycles. The number of methoxy groups -OCH3 is 1. The Morgan fingerprint density at radius 2 is 2.26 bits per heavy atom. The van der Waals surface area contributed by atoms with Crippen LogP contribution < -0.4 is 0 Å². The molecule has 0 radical (unpaired) electrons. The number of aliphatic hydroxyl groups excluding tert-OH is 1. The number of fused-ring (bicyclic) bond motifs is 1. The fraction of sp³-hybridized carbons (Fsp3) is 0.625. The van der Waals surface area contributed by atoms with Gasteiger partial charge in [-0.1, -0.05) is 0 Å². The second kappa shape index (κ2) is 7.25. The minimum Gasteiger partial charge on any atom is -0.387 e. The topological polar surface area (TPSA) is 68.3 Å². The van der Waals surface area contributed by atoms with Crippen LogP contribution in [0, 0.1) is 0 Å². The largest absolute Gasteiger partial charge is 0.387 e. The predicted octanol–water partition coefficient (Wildman–Crippen LogP) is 1.19. The van der Waals surface area contributed by atoms with Crippen molar-refractivity contribution in [3.8, 4) is 0 Å². The van der Waals surface area contributed by atoms with E-state index in [1.165, 1.54) is 0 Å². The number of hydrogen-bond acceptors (Lipinski definition) is 5. The van der Waals surface area contributed by atoms with Crippen LogP contribution in [0.3, 0.4) is 0 Å². The smallest absolute Gasteiger partial charge is 0.122 e. The summed E-state index contributed by atoms with van der Waals surface area (Å²) >= 11 is 0. The highest BCUT2D eigenvalue weighted by Crippen LogP contribution is 2.19. The maximum absolute atomic E-state index is 9.72. The first-order valence-corrected chi connectivity index (χ1v) is 8.13. The summed E-state index contributed by atoms with van der Waals surface area (Å²) in [5.74, 6) is 1.06. The molecule has 0 unspecified atom stereocenters. The molecule has 126 valence electrons. The number of ether oxygens (including phenoxy) is 1. The molecule has 7 heteroatoms. The molecule has 23 heavy (non-hydrogen) atoms. The van der Waals surface area contributed by atoms with Gasteiger partial charge in [0.2, 0.25) is 0 Å². The van der Waals surface area contributed by atoms with Gasteiger partial charge in [-0.15, -0.1) is 0 Å². The van der Waals surface area contributed by atoms with Crippen molar-refractivity contribution in [3.05, 3.63) is 35.7 Å². The molecule has 0 saturated carbocycles. The van der Waals surface area contributed by atoms with Crippen LogP contribution in [0.15, 0.2) is 18.5 Å². The zero-order valence-corrected chi connectivity index (χ0v) is 13.9. The monoisotopic (exact) mass is 319 g/mol. The maximum atomic E-state index is 9.72. The predicted molar refractivity (Wildman–Crippen MR) is 85.7 cm³/mol. The van der Waals surface area contributed by atoms with Crippen LogP contribution in [0.1, 0.15) is 36.7 Å². The highest BCUT2D eigenvalue weighted by atomic mass is 16.5. The third kappa shape index (κ3) is 3.80. The van der Waals surface area contributed by atoms with Crippen molar-refractivity contribution in [1.82, 2.24) is 24.2 Å². The van der Waals surface area contributed by atoms with E-state index < -0.39 is 6.10 Å². The summed E-state index contributed by atoms with van der Waals surface area (Å²) in [5.41, 5.74) is 1.91. The lowest BCUT2D eigenvalue weighted by molar-refractivity contribution is 0.183. The van der Waals surface area contributed by atoms with Gasteiger partial charge in [0, 0.05) is 45.7 Å². The first-order chi connectivity index (χ1) is 11.2. The third-order valence-electron chi connectivity index (χ3n) is 4.24. The number of rotatable bonds is 6. The van der Waals surface area contributed by atoms with Crippen LogP contribution in [0.2, 0.25) is 0 Å². The van der Waals surface area contributed by atoms with E-state index in [0.717, 1.165) is 56.4 Å². The van der Waals surface area contributed by atoms with E-state index in [2.05, 4.69) is 19.5 Å². The Labute approximate surface area is 136 Å². The minimum absolute atomic E-state index is 0.518. The Bertz CT molecular complexity index is 634. The van der Waals surface area contributed by atoms with E-state index in [1.54, 1.807) is 14.0 Å². The van der Waals surface area contributed by atoms with Crippen molar-refractivity contribution in [1.29, 1.82) is 0 Å². The molecule has 0 amide bonds. The van der Waals surface area contributed by atoms with Gasteiger partial charge in [-0.25, -0.2) is 4.98 Å². The molecular weight excluding hydrogens is 294 g/mol. The fourth-order valence-corrected chi connectivity index (χ4v) is 2.97. The lowest BCUT2D eigenvalue weighted by atomic mass is 10.2. The van der Waals surface area contributed by atoms with E-state index in [0.29, 0.717) is 6.61 Å². The molecule has 1 N–H and O–H groups in total. The molecule has 0 aromatic carbocycles. The van der Waals surface area contributed by atoms with Gasteiger partial charge in [-0.2, -0.15) is 5.10 Å². The Kier molecular flexibility index (Phi) is 5.09. The van der Waals surface area contributed by atoms with Gasteiger partial charge >= 0.3 is 0 Å². The fourth-order valence-electron chi connectivity index (χ4n) is 2.97. The van der Waals surface area contributed by atoms with Crippen LogP contribution >= 0.6 is 0 Å². The Morgan fingerprint density at radius 3 is 3.04 bits per heavy atom. The van der Waals surface area contributed by atoms with Crippen LogP contribution in [0.5, 0.6) is 0 Å². The average molecular weight is 319 g/mol. The van der Waals surface area contributed by atoms with Crippen molar-refractivity contribution < 1.29 is 9.84 Å². The SMILES string of the molecule is COCCn1ccnc1CN1CCCn2nc([C@@H](C)O)cc2C1. The number of hydrogen-bond donors (Lipinski definition) is 1. The molecule has 0 fully saturated rings. The van der Waals surface area contributed by atoms with Crippen molar-refractivity contribution in [2.24, 2.45) is 0 Å². The Balaban J connectivity index is 1.70. The van der Waals surface area contributed by atoms with Crippen molar-refractivity contribution >= 4 is 0 Å². The van der Waals surface area contributed by atoms with Crippen LogP contribution in [0.4, 0.5) is 0 Å². The number of nitrogens with zero attached hydrogens (tertiary/aromatic N) is 5. The van der Waals surface area contributed by atoms with Crippen molar-refractivity contribution in [3.63, 3.8) is 0 Å². The molecular formula is C16H25N5O2. The van der Waals surface area contributed by atoms with Gasteiger partial charge in [0.1, 0.15) is 5.82 Å². The van der Waals surface area contributed by atoms with Crippen LogP contribution in [-0.4, -0.2) is 49.6 Å². The summed E-state index contributed by atoms with van der Waals surface area (Å²) in [7, 11) is 1.71. The zero-order valence-electron chi connectivity index (χ0n) is 13.9. The molecule has 1 aliphatic heterocycles. The van der Waals surface area contributed by atoms with E-state index in [-0.39, 0.29) is 0 Å². The summed E-state index contributed by atoms with van der Waals surface area (Å²) in [5, 5.41) is 14.2. The average Bonchev–Trinajstić information content (AvgIpc) is 3.08. The van der Waals surface area contributed by atoms with E-state index >= 15 is 0 Å². The zero-order chi connectivity index (χ0) is 16.2. The Hall–Kier alpha value is -1.70. The second-order valence-electron chi connectivity index (χ2n) is 6.05. The molecule has 1 atom stereocenters. The minimum atomic E-state index is -0.518. The van der Waals surface area contributed by atoms with Crippen LogP contribution in [0.25, 0.3) is 0 Å². The normalized spacial score (nSPS) is 17.0.